The lowest BCUT2D eigenvalue weighted by Crippen LogP contribution is -2.05. The minimum absolute atomic E-state index is 0.107. The maximum Gasteiger partial charge on any atom is 0.417 e. The third-order valence-electron chi connectivity index (χ3n) is 3.22. The Hall–Kier alpha value is -3.01. The molecule has 0 saturated carbocycles. The summed E-state index contributed by atoms with van der Waals surface area (Å²) in [5.74, 6) is 0.892. The molecule has 124 valence electrons. The topological polar surface area (TPSA) is 55.1 Å². The number of alkyl halides is 3. The van der Waals surface area contributed by atoms with Gasteiger partial charge in [-0.05, 0) is 24.3 Å². The third kappa shape index (κ3) is 3.66. The molecule has 4 nitrogen and oxygen atoms in total. The van der Waals surface area contributed by atoms with Gasteiger partial charge >= 0.3 is 6.18 Å². The monoisotopic (exact) mass is 334 g/mol. The molecule has 0 aliphatic heterocycles. The van der Waals surface area contributed by atoms with Gasteiger partial charge in [-0.15, -0.1) is 0 Å². The van der Waals surface area contributed by atoms with Crippen LogP contribution in [0.25, 0.3) is 11.6 Å². The molecular formula is C17H13F3N2O2. The largest absolute Gasteiger partial charge is 0.493 e. The highest BCUT2D eigenvalue weighted by Crippen LogP contribution is 2.33. The van der Waals surface area contributed by atoms with E-state index >= 15 is 0 Å². The Balaban J connectivity index is 2.46. The number of nitrogens with zero attached hydrogens (tertiary/aromatic N) is 2. The number of hydrogen-bond acceptors (Lipinski definition) is 4. The molecule has 1 aromatic carbocycles. The molecule has 7 heteroatoms. The molecule has 24 heavy (non-hydrogen) atoms. The number of pyridine rings is 1. The fourth-order valence-electron chi connectivity index (χ4n) is 2.07. The van der Waals surface area contributed by atoms with Crippen molar-refractivity contribution in [3.05, 3.63) is 53.3 Å². The first-order valence-corrected chi connectivity index (χ1v) is 6.77. The molecule has 0 radical (unpaired) electrons. The van der Waals surface area contributed by atoms with Gasteiger partial charge in [0.2, 0.25) is 0 Å². The lowest BCUT2D eigenvalue weighted by Gasteiger charge is -2.10. The van der Waals surface area contributed by atoms with Crippen molar-refractivity contribution < 1.29 is 22.6 Å². The molecule has 0 fully saturated rings. The molecule has 1 aromatic heterocycles. The van der Waals surface area contributed by atoms with Gasteiger partial charge in [-0.3, -0.25) is 4.98 Å². The second-order valence-electron chi connectivity index (χ2n) is 4.68. The molecule has 0 amide bonds. The lowest BCUT2D eigenvalue weighted by molar-refractivity contribution is -0.137. The minimum atomic E-state index is -4.47. The summed E-state index contributed by atoms with van der Waals surface area (Å²) in [6.45, 7) is 0. The first-order valence-electron chi connectivity index (χ1n) is 6.77. The van der Waals surface area contributed by atoms with Gasteiger partial charge in [0.15, 0.2) is 11.5 Å². The predicted octanol–water partition coefficient (Wildman–Crippen LogP) is 4.18. The first-order chi connectivity index (χ1) is 11.4. The fourth-order valence-corrected chi connectivity index (χ4v) is 2.07. The number of benzene rings is 1. The first kappa shape index (κ1) is 17.3. The van der Waals surface area contributed by atoms with E-state index < -0.39 is 11.7 Å². The average molecular weight is 334 g/mol. The van der Waals surface area contributed by atoms with Gasteiger partial charge in [0, 0.05) is 11.8 Å². The molecule has 0 N–H and O–H groups in total. The SMILES string of the molecule is COc1cccc(/C=C(\C#N)c2ccc(C(F)(F)F)cn2)c1OC. The summed E-state index contributed by atoms with van der Waals surface area (Å²) in [7, 11) is 2.94. The molecule has 1 heterocycles. The molecule has 0 unspecified atom stereocenters. The highest BCUT2D eigenvalue weighted by atomic mass is 19.4. The van der Waals surface area contributed by atoms with Crippen LogP contribution in [0.3, 0.4) is 0 Å². The van der Waals surface area contributed by atoms with E-state index in [4.69, 9.17) is 9.47 Å². The number of halogens is 3. The van der Waals surface area contributed by atoms with Crippen LogP contribution in [0.5, 0.6) is 11.5 Å². The van der Waals surface area contributed by atoms with Crippen molar-refractivity contribution in [2.75, 3.05) is 14.2 Å². The Morgan fingerprint density at radius 1 is 1.17 bits per heavy atom. The van der Waals surface area contributed by atoms with Crippen LogP contribution in [-0.2, 0) is 6.18 Å². The molecule has 0 bridgehead atoms. The van der Waals surface area contributed by atoms with Crippen LogP contribution < -0.4 is 9.47 Å². The van der Waals surface area contributed by atoms with Gasteiger partial charge in [0.05, 0.1) is 31.1 Å². The van der Waals surface area contributed by atoms with E-state index in [0.717, 1.165) is 12.1 Å². The summed E-state index contributed by atoms with van der Waals surface area (Å²) in [5, 5.41) is 9.31. The van der Waals surface area contributed by atoms with Gasteiger partial charge < -0.3 is 9.47 Å². The predicted molar refractivity (Wildman–Crippen MR) is 82.3 cm³/mol. The summed E-state index contributed by atoms with van der Waals surface area (Å²) in [5.41, 5.74) is -0.0803. The van der Waals surface area contributed by atoms with Crippen LogP contribution in [-0.4, -0.2) is 19.2 Å². The number of para-hydroxylation sites is 1. The Bertz CT molecular complexity index is 791. The Kier molecular flexibility index (Phi) is 5.09. The fraction of sp³-hybridized carbons (Fsp3) is 0.176. The molecule has 2 aromatic rings. The van der Waals surface area contributed by atoms with Crippen LogP contribution >= 0.6 is 0 Å². The Morgan fingerprint density at radius 2 is 1.92 bits per heavy atom. The van der Waals surface area contributed by atoms with Crippen LogP contribution in [0.4, 0.5) is 13.2 Å². The standard InChI is InChI=1S/C17H13F3N2O2/c1-23-15-5-3-4-11(16(15)24-2)8-12(9-21)14-7-6-13(10-22-14)17(18,19)20/h3-8,10H,1-2H3/b12-8+. The van der Waals surface area contributed by atoms with Crippen molar-refractivity contribution in [1.82, 2.24) is 4.98 Å². The van der Waals surface area contributed by atoms with Crippen molar-refractivity contribution in [2.24, 2.45) is 0 Å². The molecule has 0 saturated heterocycles. The van der Waals surface area contributed by atoms with Crippen molar-refractivity contribution in [2.45, 2.75) is 6.18 Å². The second kappa shape index (κ2) is 7.04. The van der Waals surface area contributed by atoms with Crippen molar-refractivity contribution in [3.8, 4) is 17.6 Å². The van der Waals surface area contributed by atoms with Crippen molar-refractivity contribution >= 4 is 11.6 Å². The van der Waals surface area contributed by atoms with Crippen molar-refractivity contribution in [1.29, 1.82) is 5.26 Å². The second-order valence-corrected chi connectivity index (χ2v) is 4.68. The van der Waals surface area contributed by atoms with Gasteiger partial charge in [0.25, 0.3) is 0 Å². The maximum atomic E-state index is 12.6. The van der Waals surface area contributed by atoms with Gasteiger partial charge in [0.1, 0.15) is 6.07 Å². The quantitative estimate of drug-likeness (QED) is 0.787. The molecule has 0 aliphatic rings. The number of nitriles is 1. The summed E-state index contributed by atoms with van der Waals surface area (Å²) in [6, 6.07) is 9.08. The number of methoxy groups -OCH3 is 2. The summed E-state index contributed by atoms with van der Waals surface area (Å²) in [4.78, 5) is 3.73. The lowest BCUT2D eigenvalue weighted by atomic mass is 10.1. The maximum absolute atomic E-state index is 12.6. The van der Waals surface area contributed by atoms with Crippen LogP contribution in [0.15, 0.2) is 36.5 Å². The van der Waals surface area contributed by atoms with Gasteiger partial charge in [-0.2, -0.15) is 18.4 Å². The Labute approximate surface area is 136 Å². The molecule has 0 atom stereocenters. The highest BCUT2D eigenvalue weighted by Gasteiger charge is 2.30. The van der Waals surface area contributed by atoms with E-state index in [-0.39, 0.29) is 11.3 Å². The molecule has 2 rings (SSSR count). The van der Waals surface area contributed by atoms with Gasteiger partial charge in [-0.25, -0.2) is 0 Å². The number of allylic oxidation sites excluding steroid dienone is 1. The summed E-state index contributed by atoms with van der Waals surface area (Å²) < 4.78 is 48.2. The third-order valence-corrected chi connectivity index (χ3v) is 3.22. The zero-order chi connectivity index (χ0) is 17.7. The van der Waals surface area contributed by atoms with Crippen LogP contribution in [0.2, 0.25) is 0 Å². The van der Waals surface area contributed by atoms with E-state index in [1.54, 1.807) is 18.2 Å². The van der Waals surface area contributed by atoms with E-state index in [2.05, 4.69) is 4.98 Å². The van der Waals surface area contributed by atoms with E-state index in [0.29, 0.717) is 23.3 Å². The molecular weight excluding hydrogens is 321 g/mol. The van der Waals surface area contributed by atoms with Crippen LogP contribution in [0.1, 0.15) is 16.8 Å². The number of ether oxygens (including phenoxy) is 2. The highest BCUT2D eigenvalue weighted by molar-refractivity contribution is 5.89. The smallest absolute Gasteiger partial charge is 0.417 e. The van der Waals surface area contributed by atoms with E-state index in [1.165, 1.54) is 20.3 Å². The molecule has 0 spiro atoms. The minimum Gasteiger partial charge on any atom is -0.493 e. The normalized spacial score (nSPS) is 11.8. The number of rotatable bonds is 4. The van der Waals surface area contributed by atoms with E-state index in [9.17, 15) is 18.4 Å². The average Bonchev–Trinajstić information content (AvgIpc) is 2.58. The zero-order valence-electron chi connectivity index (χ0n) is 12.9. The summed E-state index contributed by atoms with van der Waals surface area (Å²) in [6.07, 6.45) is -2.29. The Morgan fingerprint density at radius 3 is 2.42 bits per heavy atom. The molecule has 0 aliphatic carbocycles. The van der Waals surface area contributed by atoms with Crippen LogP contribution in [0, 0.1) is 11.3 Å². The number of hydrogen-bond donors (Lipinski definition) is 0. The summed E-state index contributed by atoms with van der Waals surface area (Å²) >= 11 is 0. The van der Waals surface area contributed by atoms with Gasteiger partial charge in [-0.1, -0.05) is 12.1 Å². The number of aromatic nitrogens is 1. The zero-order valence-corrected chi connectivity index (χ0v) is 12.9. The van der Waals surface area contributed by atoms with E-state index in [1.807, 2.05) is 6.07 Å². The van der Waals surface area contributed by atoms with Crippen molar-refractivity contribution in [3.63, 3.8) is 0 Å².